The molecular weight excluding hydrogens is 748 g/mol. The molecule has 0 aromatic rings. The third-order valence-corrected chi connectivity index (χ3v) is 12.5. The van der Waals surface area contributed by atoms with Crippen LogP contribution in [-0.2, 0) is 33.2 Å². The van der Waals surface area contributed by atoms with Gasteiger partial charge >= 0.3 is 5.97 Å². The van der Waals surface area contributed by atoms with Crippen molar-refractivity contribution in [2.45, 2.75) is 168 Å². The molecule has 58 heavy (non-hydrogen) atoms. The number of cyclic esters (lactones) is 1. The summed E-state index contributed by atoms with van der Waals surface area (Å²) in [5.74, 6) is -5.78. The third kappa shape index (κ3) is 12.6. The van der Waals surface area contributed by atoms with Gasteiger partial charge in [0.2, 0.25) is 5.76 Å². The van der Waals surface area contributed by atoms with Gasteiger partial charge in [-0.05, 0) is 52.5 Å². The van der Waals surface area contributed by atoms with E-state index in [9.17, 15) is 35.4 Å². The van der Waals surface area contributed by atoms with E-state index in [-0.39, 0.29) is 42.3 Å². The first-order valence-electron chi connectivity index (χ1n) is 21.0. The van der Waals surface area contributed by atoms with Crippen LogP contribution in [0.1, 0.15) is 94.9 Å². The lowest BCUT2D eigenvalue weighted by molar-refractivity contribution is -0.339. The van der Waals surface area contributed by atoms with E-state index in [0.29, 0.717) is 18.4 Å². The van der Waals surface area contributed by atoms with Crippen LogP contribution in [0.4, 0.5) is 0 Å². The minimum atomic E-state index is -1.93. The number of carbonyl (C=O) groups is 1. The summed E-state index contributed by atoms with van der Waals surface area (Å²) in [7, 11) is 2.83. The Morgan fingerprint density at radius 3 is 2.29 bits per heavy atom. The molecule has 0 aromatic heterocycles. The summed E-state index contributed by atoms with van der Waals surface area (Å²) in [5.41, 5.74) is 1.61. The van der Waals surface area contributed by atoms with Crippen LogP contribution in [-0.4, -0.2) is 124 Å². The smallest absolute Gasteiger partial charge is 0.373 e. The molecular formula is C45H74O13. The molecule has 332 valence electrons. The highest BCUT2D eigenvalue weighted by molar-refractivity contribution is 5.87. The highest BCUT2D eigenvalue weighted by Gasteiger charge is 2.52. The fourth-order valence-electron chi connectivity index (χ4n) is 8.64. The van der Waals surface area contributed by atoms with Crippen LogP contribution >= 0.6 is 0 Å². The van der Waals surface area contributed by atoms with Crippen LogP contribution in [0, 0.1) is 35.5 Å². The minimum absolute atomic E-state index is 0.0414. The van der Waals surface area contributed by atoms with Crippen LogP contribution < -0.4 is 0 Å². The fourth-order valence-corrected chi connectivity index (χ4v) is 8.64. The molecule has 0 amide bonds. The average Bonchev–Trinajstić information content (AvgIpc) is 3.17. The summed E-state index contributed by atoms with van der Waals surface area (Å²) in [4.78, 5) is 13.9. The van der Waals surface area contributed by atoms with Crippen LogP contribution in [0.25, 0.3) is 0 Å². The Bertz CT molecular complexity index is 1450. The highest BCUT2D eigenvalue weighted by atomic mass is 16.7. The first-order chi connectivity index (χ1) is 27.2. The van der Waals surface area contributed by atoms with Crippen molar-refractivity contribution in [1.29, 1.82) is 0 Å². The van der Waals surface area contributed by atoms with Gasteiger partial charge in [0.05, 0.1) is 49.8 Å². The van der Waals surface area contributed by atoms with Gasteiger partial charge in [-0.15, -0.1) is 0 Å². The molecule has 0 aliphatic carbocycles. The quantitative estimate of drug-likeness (QED) is 0.129. The van der Waals surface area contributed by atoms with Crippen LogP contribution in [0.5, 0.6) is 0 Å². The molecule has 2 saturated heterocycles. The molecule has 0 spiro atoms. The number of ether oxygens (including phenoxy) is 6. The molecule has 0 radical (unpaired) electrons. The maximum absolute atomic E-state index is 13.9. The van der Waals surface area contributed by atoms with Gasteiger partial charge in [0, 0.05) is 49.5 Å². The zero-order chi connectivity index (χ0) is 43.6. The van der Waals surface area contributed by atoms with Gasteiger partial charge in [-0.3, -0.25) is 0 Å². The topological polar surface area (TPSA) is 194 Å². The molecule has 3 aliphatic rings. The first kappa shape index (κ1) is 49.9. The number of methoxy groups -OCH3 is 2. The van der Waals surface area contributed by atoms with E-state index in [1.807, 2.05) is 65.8 Å². The van der Waals surface area contributed by atoms with Gasteiger partial charge in [0.1, 0.15) is 18.3 Å². The maximum atomic E-state index is 13.9. The van der Waals surface area contributed by atoms with E-state index >= 15 is 0 Å². The van der Waals surface area contributed by atoms with E-state index in [2.05, 4.69) is 0 Å². The van der Waals surface area contributed by atoms with Crippen LogP contribution in [0.15, 0.2) is 59.4 Å². The first-order valence-corrected chi connectivity index (χ1v) is 21.0. The summed E-state index contributed by atoms with van der Waals surface area (Å²) >= 11 is 0. The summed E-state index contributed by atoms with van der Waals surface area (Å²) < 4.78 is 36.1. The lowest BCUT2D eigenvalue weighted by Gasteiger charge is -2.49. The minimum Gasteiger partial charge on any atom is -0.490 e. The van der Waals surface area contributed by atoms with Crippen LogP contribution in [0.3, 0.4) is 0 Å². The average molecular weight is 823 g/mol. The molecule has 18 unspecified atom stereocenters. The van der Waals surface area contributed by atoms with Crippen molar-refractivity contribution in [1.82, 2.24) is 0 Å². The Morgan fingerprint density at radius 1 is 1.03 bits per heavy atom. The van der Waals surface area contributed by atoms with E-state index in [0.717, 1.165) is 5.57 Å². The van der Waals surface area contributed by atoms with Gasteiger partial charge in [-0.1, -0.05) is 89.1 Å². The summed E-state index contributed by atoms with van der Waals surface area (Å²) in [6.07, 6.45) is 3.82. The molecule has 3 rings (SSSR count). The van der Waals surface area contributed by atoms with Crippen molar-refractivity contribution in [3.05, 3.63) is 59.4 Å². The SMILES string of the molecule is C/C=C/C1OC(O)(C(C)C(O)C(C)C2OC(=O)/C(OC)=C\C(C)=C/C(C)C(O)C(CC)C(O)C(C)C/C(C)=C\C=C/C2OC)CC(OC2CC(O)C(O)C(C)O2)C1C. The van der Waals surface area contributed by atoms with Gasteiger partial charge in [-0.2, -0.15) is 0 Å². The van der Waals surface area contributed by atoms with E-state index < -0.39 is 90.9 Å². The molecule has 2 fully saturated rings. The Labute approximate surface area is 346 Å². The fraction of sp³-hybridized carbons (Fsp3) is 0.756. The van der Waals surface area contributed by atoms with Crippen molar-refractivity contribution < 1.29 is 63.9 Å². The Balaban J connectivity index is 2.02. The molecule has 6 N–H and O–H groups in total. The third-order valence-electron chi connectivity index (χ3n) is 12.5. The molecule has 13 nitrogen and oxygen atoms in total. The van der Waals surface area contributed by atoms with Crippen molar-refractivity contribution in [2.24, 2.45) is 35.5 Å². The number of esters is 1. The predicted octanol–water partition coefficient (Wildman–Crippen LogP) is 4.88. The van der Waals surface area contributed by atoms with Gasteiger partial charge in [0.25, 0.3) is 0 Å². The molecule has 0 aromatic carbocycles. The number of allylic oxidation sites excluding steroid dienone is 6. The lowest BCUT2D eigenvalue weighted by atomic mass is 9.77. The monoisotopic (exact) mass is 823 g/mol. The van der Waals surface area contributed by atoms with E-state index in [4.69, 9.17) is 28.4 Å². The Hall–Kier alpha value is -2.43. The molecule has 3 aliphatic heterocycles. The Kier molecular flexibility index (Phi) is 19.3. The number of aliphatic hydroxyl groups excluding tert-OH is 5. The lowest BCUT2D eigenvalue weighted by Crippen LogP contribution is -2.59. The molecule has 0 saturated carbocycles. The standard InChI is InChI=1S/C45H74O13/c1-13-16-34-28(7)37(56-38-22-33(46)42(50)31(10)55-38)23-45(52,58-34)30(9)41(49)29(8)43-35(53-11)18-15-17-24(3)19-26(5)39(47)32(14-2)40(48)27(6)20-25(4)21-36(54-12)44(51)57-43/h13,15-18,20-21,26-35,37-43,46-50,52H,14,19,22-23H2,1-12H3/b16-13+,18-15-,24-17-,25-20-,36-21+. The normalized spacial score (nSPS) is 43.9. The summed E-state index contributed by atoms with van der Waals surface area (Å²) in [6.45, 7) is 18.3. The molecule has 3 heterocycles. The zero-order valence-corrected chi connectivity index (χ0v) is 36.7. The summed E-state index contributed by atoms with van der Waals surface area (Å²) in [5, 5.41) is 67.8. The van der Waals surface area contributed by atoms with Gasteiger partial charge in [-0.25, -0.2) is 4.79 Å². The van der Waals surface area contributed by atoms with E-state index in [1.165, 1.54) is 20.3 Å². The van der Waals surface area contributed by atoms with Gasteiger partial charge in [0.15, 0.2) is 12.1 Å². The maximum Gasteiger partial charge on any atom is 0.373 e. The van der Waals surface area contributed by atoms with Crippen molar-refractivity contribution in [3.8, 4) is 0 Å². The van der Waals surface area contributed by atoms with Crippen molar-refractivity contribution in [2.75, 3.05) is 14.2 Å². The molecule has 13 heteroatoms. The van der Waals surface area contributed by atoms with Gasteiger partial charge < -0.3 is 59.1 Å². The number of hydrogen-bond donors (Lipinski definition) is 6. The second-order valence-electron chi connectivity index (χ2n) is 17.1. The van der Waals surface area contributed by atoms with E-state index in [1.54, 1.807) is 39.8 Å². The Morgan fingerprint density at radius 2 is 1.71 bits per heavy atom. The molecule has 18 atom stereocenters. The number of carbonyl (C=O) groups excluding carboxylic acids is 1. The predicted molar refractivity (Wildman–Crippen MR) is 220 cm³/mol. The largest absolute Gasteiger partial charge is 0.490 e. The summed E-state index contributed by atoms with van der Waals surface area (Å²) in [6, 6.07) is 0. The van der Waals surface area contributed by atoms with Crippen LogP contribution in [0.2, 0.25) is 0 Å². The zero-order valence-electron chi connectivity index (χ0n) is 36.7. The highest BCUT2D eigenvalue weighted by Crippen LogP contribution is 2.42. The second-order valence-corrected chi connectivity index (χ2v) is 17.1. The second kappa shape index (κ2) is 22.4. The number of rotatable bonds is 10. The number of aliphatic hydroxyl groups is 6. The molecule has 0 bridgehead atoms. The van der Waals surface area contributed by atoms with Crippen molar-refractivity contribution >= 4 is 5.97 Å². The number of hydrogen-bond acceptors (Lipinski definition) is 13. The van der Waals surface area contributed by atoms with Crippen molar-refractivity contribution in [3.63, 3.8) is 0 Å².